The molecule has 1 N–H and O–H groups in total. The molecular weight excluding hydrogens is 340 g/mol. The Morgan fingerprint density at radius 1 is 1.07 bits per heavy atom. The molecule has 6 heteroatoms. The molecule has 1 aliphatic carbocycles. The first-order valence-corrected chi connectivity index (χ1v) is 8.88. The van der Waals surface area contributed by atoms with Crippen LogP contribution in [0.1, 0.15) is 34.8 Å². The highest BCUT2D eigenvalue weighted by Crippen LogP contribution is 2.41. The first kappa shape index (κ1) is 15.7. The maximum absolute atomic E-state index is 13.1. The van der Waals surface area contributed by atoms with Crippen molar-refractivity contribution >= 4 is 22.8 Å². The van der Waals surface area contributed by atoms with E-state index in [1.807, 2.05) is 42.5 Å². The second-order valence-corrected chi connectivity index (χ2v) is 6.62. The van der Waals surface area contributed by atoms with Gasteiger partial charge in [0.1, 0.15) is 11.5 Å². The van der Waals surface area contributed by atoms with Gasteiger partial charge in [0.15, 0.2) is 0 Å². The number of hydrogen-bond donors (Lipinski definition) is 1. The molecular formula is C21H16N4O2. The van der Waals surface area contributed by atoms with Gasteiger partial charge in [-0.3, -0.25) is 4.79 Å². The zero-order valence-corrected chi connectivity index (χ0v) is 14.4. The van der Waals surface area contributed by atoms with Gasteiger partial charge in [-0.2, -0.15) is 0 Å². The van der Waals surface area contributed by atoms with E-state index in [0.717, 1.165) is 24.1 Å². The van der Waals surface area contributed by atoms with E-state index >= 15 is 0 Å². The highest BCUT2D eigenvalue weighted by atomic mass is 16.5. The Kier molecular flexibility index (Phi) is 3.67. The Morgan fingerprint density at radius 3 is 2.63 bits per heavy atom. The van der Waals surface area contributed by atoms with Gasteiger partial charge < -0.3 is 9.84 Å². The monoisotopic (exact) mass is 356 g/mol. The van der Waals surface area contributed by atoms with Crippen molar-refractivity contribution in [3.05, 3.63) is 72.1 Å². The summed E-state index contributed by atoms with van der Waals surface area (Å²) in [5.74, 6) is 0.641. The van der Waals surface area contributed by atoms with Crippen LogP contribution in [0, 0.1) is 0 Å². The summed E-state index contributed by atoms with van der Waals surface area (Å²) in [6.45, 7) is 0. The van der Waals surface area contributed by atoms with Crippen LogP contribution in [0.15, 0.2) is 65.3 Å². The summed E-state index contributed by atoms with van der Waals surface area (Å²) in [6.07, 6.45) is 3.81. The summed E-state index contributed by atoms with van der Waals surface area (Å²) in [4.78, 5) is 21.8. The van der Waals surface area contributed by atoms with Crippen LogP contribution in [0.4, 0.5) is 5.82 Å². The van der Waals surface area contributed by atoms with E-state index in [2.05, 4.69) is 20.4 Å². The van der Waals surface area contributed by atoms with Crippen molar-refractivity contribution in [1.29, 1.82) is 0 Å². The summed E-state index contributed by atoms with van der Waals surface area (Å²) in [5, 5.41) is 7.69. The fraction of sp³-hybridized carbons (Fsp3) is 0.143. The summed E-state index contributed by atoms with van der Waals surface area (Å²) >= 11 is 0. The number of benzene rings is 1. The van der Waals surface area contributed by atoms with Gasteiger partial charge >= 0.3 is 0 Å². The second-order valence-electron chi connectivity index (χ2n) is 6.62. The number of fused-ring (bicyclic) bond motifs is 1. The molecule has 0 atom stereocenters. The third-order valence-corrected chi connectivity index (χ3v) is 4.66. The molecule has 4 aromatic rings. The van der Waals surface area contributed by atoms with E-state index in [-0.39, 0.29) is 5.91 Å². The van der Waals surface area contributed by atoms with Crippen molar-refractivity contribution in [2.45, 2.75) is 18.8 Å². The molecule has 0 saturated heterocycles. The fourth-order valence-electron chi connectivity index (χ4n) is 3.15. The minimum Gasteiger partial charge on any atom is -0.335 e. The molecule has 0 bridgehead atoms. The third-order valence-electron chi connectivity index (χ3n) is 4.66. The lowest BCUT2D eigenvalue weighted by Crippen LogP contribution is -2.14. The van der Waals surface area contributed by atoms with E-state index < -0.39 is 0 Å². The fourth-order valence-corrected chi connectivity index (χ4v) is 3.15. The van der Waals surface area contributed by atoms with E-state index in [4.69, 9.17) is 4.52 Å². The predicted octanol–water partition coefficient (Wildman–Crippen LogP) is 4.41. The molecule has 0 unspecified atom stereocenters. The van der Waals surface area contributed by atoms with Crippen molar-refractivity contribution in [2.75, 3.05) is 5.32 Å². The average molecular weight is 356 g/mol. The van der Waals surface area contributed by atoms with E-state index in [1.165, 1.54) is 0 Å². The SMILES string of the molecule is O=C(Nc1ccccn1)c1cc(C2CC2)nc2onc(-c3ccccc3)c12. The Labute approximate surface area is 155 Å². The summed E-state index contributed by atoms with van der Waals surface area (Å²) in [5.41, 5.74) is 3.28. The van der Waals surface area contributed by atoms with Crippen molar-refractivity contribution in [3.63, 3.8) is 0 Å². The maximum atomic E-state index is 13.1. The van der Waals surface area contributed by atoms with Crippen LogP contribution < -0.4 is 5.32 Å². The number of nitrogens with one attached hydrogen (secondary N) is 1. The van der Waals surface area contributed by atoms with Gasteiger partial charge in [-0.1, -0.05) is 41.6 Å². The number of amides is 1. The molecule has 5 rings (SSSR count). The Balaban J connectivity index is 1.66. The minimum atomic E-state index is -0.247. The Morgan fingerprint density at radius 2 is 1.89 bits per heavy atom. The quantitative estimate of drug-likeness (QED) is 0.585. The molecule has 27 heavy (non-hydrogen) atoms. The topological polar surface area (TPSA) is 80.9 Å². The Hall–Kier alpha value is -3.54. The van der Waals surface area contributed by atoms with Crippen LogP contribution in [0.3, 0.4) is 0 Å². The van der Waals surface area contributed by atoms with Gasteiger partial charge in [-0.05, 0) is 31.0 Å². The number of pyridine rings is 2. The van der Waals surface area contributed by atoms with Gasteiger partial charge in [-0.25, -0.2) is 9.97 Å². The molecule has 0 spiro atoms. The van der Waals surface area contributed by atoms with Gasteiger partial charge in [0, 0.05) is 23.4 Å². The van der Waals surface area contributed by atoms with Gasteiger partial charge in [0.25, 0.3) is 11.6 Å². The lowest BCUT2D eigenvalue weighted by atomic mass is 10.0. The van der Waals surface area contributed by atoms with Crippen LogP contribution in [0.5, 0.6) is 0 Å². The molecule has 6 nitrogen and oxygen atoms in total. The number of carbonyl (C=O) groups is 1. The number of hydrogen-bond acceptors (Lipinski definition) is 5. The summed E-state index contributed by atoms with van der Waals surface area (Å²) < 4.78 is 5.51. The molecule has 3 heterocycles. The van der Waals surface area contributed by atoms with Crippen LogP contribution in [-0.2, 0) is 0 Å². The maximum Gasteiger partial charge on any atom is 0.259 e. The van der Waals surface area contributed by atoms with Gasteiger partial charge in [-0.15, -0.1) is 0 Å². The molecule has 3 aromatic heterocycles. The minimum absolute atomic E-state index is 0.247. The van der Waals surface area contributed by atoms with Crippen molar-refractivity contribution in [2.24, 2.45) is 0 Å². The molecule has 132 valence electrons. The molecule has 1 amide bonds. The lowest BCUT2D eigenvalue weighted by molar-refractivity contribution is 0.102. The highest BCUT2D eigenvalue weighted by Gasteiger charge is 2.29. The first-order valence-electron chi connectivity index (χ1n) is 8.88. The predicted molar refractivity (Wildman–Crippen MR) is 101 cm³/mol. The van der Waals surface area contributed by atoms with E-state index in [0.29, 0.717) is 34.1 Å². The van der Waals surface area contributed by atoms with Crippen molar-refractivity contribution in [3.8, 4) is 11.3 Å². The van der Waals surface area contributed by atoms with Crippen molar-refractivity contribution in [1.82, 2.24) is 15.1 Å². The molecule has 1 fully saturated rings. The van der Waals surface area contributed by atoms with Crippen LogP contribution in [0.25, 0.3) is 22.4 Å². The highest BCUT2D eigenvalue weighted by molar-refractivity contribution is 6.14. The largest absolute Gasteiger partial charge is 0.335 e. The summed E-state index contributed by atoms with van der Waals surface area (Å²) in [6, 6.07) is 16.9. The standard InChI is InChI=1S/C21H16N4O2/c26-20(24-17-8-4-5-11-22-17)15-12-16(13-9-10-13)23-21-18(15)19(25-27-21)14-6-2-1-3-7-14/h1-8,11-13H,9-10H2,(H,22,24,26). The smallest absolute Gasteiger partial charge is 0.259 e. The zero-order chi connectivity index (χ0) is 18.2. The normalized spacial score (nSPS) is 13.6. The molecule has 1 aliphatic rings. The van der Waals surface area contributed by atoms with Gasteiger partial charge in [0.05, 0.1) is 10.9 Å². The molecule has 1 aromatic carbocycles. The van der Waals surface area contributed by atoms with Crippen LogP contribution >= 0.6 is 0 Å². The molecule has 0 radical (unpaired) electrons. The average Bonchev–Trinajstić information content (AvgIpc) is 3.48. The first-order chi connectivity index (χ1) is 13.3. The summed E-state index contributed by atoms with van der Waals surface area (Å²) in [7, 11) is 0. The zero-order valence-electron chi connectivity index (χ0n) is 14.4. The molecule has 1 saturated carbocycles. The lowest BCUT2D eigenvalue weighted by Gasteiger charge is -2.08. The third kappa shape index (κ3) is 2.95. The number of rotatable bonds is 4. The number of carbonyl (C=O) groups excluding carboxylic acids is 1. The van der Waals surface area contributed by atoms with E-state index in [1.54, 1.807) is 18.3 Å². The van der Waals surface area contributed by atoms with Crippen LogP contribution in [0.2, 0.25) is 0 Å². The van der Waals surface area contributed by atoms with E-state index in [9.17, 15) is 4.79 Å². The second kappa shape index (κ2) is 6.32. The number of nitrogens with zero attached hydrogens (tertiary/aromatic N) is 3. The van der Waals surface area contributed by atoms with Crippen molar-refractivity contribution < 1.29 is 9.32 Å². The molecule has 0 aliphatic heterocycles. The van der Waals surface area contributed by atoms with Gasteiger partial charge in [0.2, 0.25) is 0 Å². The van der Waals surface area contributed by atoms with Crippen LogP contribution in [-0.4, -0.2) is 21.0 Å². The number of aromatic nitrogens is 3. The Bertz CT molecular complexity index is 1120. The number of anilines is 1.